The first kappa shape index (κ1) is 13.0. The van der Waals surface area contributed by atoms with Crippen LogP contribution in [0.4, 0.5) is 0 Å². The molecule has 0 unspecified atom stereocenters. The maximum absolute atomic E-state index is 11.9. The number of carbonyl (C=O) groups excluding carboxylic acids is 1. The van der Waals surface area contributed by atoms with Crippen molar-refractivity contribution in [2.45, 2.75) is 46.1 Å². The first-order valence-corrected chi connectivity index (χ1v) is 6.25. The largest absolute Gasteiger partial charge is 0.336 e. The van der Waals surface area contributed by atoms with Gasteiger partial charge in [-0.1, -0.05) is 32.1 Å². The Morgan fingerprint density at radius 3 is 2.56 bits per heavy atom. The molecule has 0 aliphatic heterocycles. The van der Waals surface area contributed by atoms with E-state index in [0.29, 0.717) is 12.0 Å². The molecule has 1 fully saturated rings. The van der Waals surface area contributed by atoms with Gasteiger partial charge in [0.1, 0.15) is 0 Å². The van der Waals surface area contributed by atoms with Crippen LogP contribution in [-0.4, -0.2) is 23.4 Å². The van der Waals surface area contributed by atoms with Gasteiger partial charge in [-0.2, -0.15) is 0 Å². The highest BCUT2D eigenvalue weighted by Crippen LogP contribution is 2.27. The van der Waals surface area contributed by atoms with Crippen LogP contribution in [0.15, 0.2) is 24.3 Å². The maximum Gasteiger partial charge on any atom is 0.246 e. The molecular formula is C14H23NO. The second-order valence-electron chi connectivity index (χ2n) is 4.83. The monoisotopic (exact) mass is 221 g/mol. The Morgan fingerprint density at radius 1 is 1.38 bits per heavy atom. The summed E-state index contributed by atoms with van der Waals surface area (Å²) in [6, 6.07) is 0.515. The summed E-state index contributed by atoms with van der Waals surface area (Å²) in [5, 5.41) is 0. The van der Waals surface area contributed by atoms with Gasteiger partial charge in [0.2, 0.25) is 5.91 Å². The Hall–Kier alpha value is -1.05. The summed E-state index contributed by atoms with van der Waals surface area (Å²) in [5.41, 5.74) is 0. The number of allylic oxidation sites excluding steroid dienone is 3. The van der Waals surface area contributed by atoms with Crippen LogP contribution >= 0.6 is 0 Å². The molecule has 1 aliphatic rings. The topological polar surface area (TPSA) is 20.3 Å². The van der Waals surface area contributed by atoms with Gasteiger partial charge in [-0.25, -0.2) is 0 Å². The van der Waals surface area contributed by atoms with Crippen molar-refractivity contribution in [3.63, 3.8) is 0 Å². The fraction of sp³-hybridized carbons (Fsp3) is 0.643. The normalized spacial score (nSPS) is 16.5. The van der Waals surface area contributed by atoms with Crippen molar-refractivity contribution in [1.29, 1.82) is 0 Å². The van der Waals surface area contributed by atoms with E-state index >= 15 is 0 Å². The molecule has 1 aliphatic carbocycles. The molecule has 0 saturated heterocycles. The average molecular weight is 221 g/mol. The lowest BCUT2D eigenvalue weighted by molar-refractivity contribution is -0.126. The third kappa shape index (κ3) is 4.65. The Balaban J connectivity index is 2.45. The minimum atomic E-state index is 0.168. The summed E-state index contributed by atoms with van der Waals surface area (Å²) in [5.74, 6) is 0.829. The second-order valence-corrected chi connectivity index (χ2v) is 4.83. The molecule has 0 aromatic heterocycles. The summed E-state index contributed by atoms with van der Waals surface area (Å²) in [7, 11) is 0. The Morgan fingerprint density at radius 2 is 2.06 bits per heavy atom. The van der Waals surface area contributed by atoms with Crippen LogP contribution in [0.1, 0.15) is 40.0 Å². The molecule has 0 aromatic rings. The SMILES string of the molecule is C/C=C/C=CC(=O)N(CCC(C)C)C1CC1. The van der Waals surface area contributed by atoms with Gasteiger partial charge in [0, 0.05) is 18.7 Å². The van der Waals surface area contributed by atoms with Crippen LogP contribution in [0.25, 0.3) is 0 Å². The van der Waals surface area contributed by atoms with E-state index in [9.17, 15) is 4.79 Å². The quantitative estimate of drug-likeness (QED) is 0.498. The molecule has 1 rings (SSSR count). The van der Waals surface area contributed by atoms with E-state index in [1.807, 2.05) is 30.1 Å². The molecule has 0 atom stereocenters. The van der Waals surface area contributed by atoms with Crippen molar-refractivity contribution < 1.29 is 4.79 Å². The molecule has 1 amide bonds. The van der Waals surface area contributed by atoms with Gasteiger partial charge in [-0.3, -0.25) is 4.79 Å². The highest BCUT2D eigenvalue weighted by Gasteiger charge is 2.31. The van der Waals surface area contributed by atoms with Gasteiger partial charge < -0.3 is 4.90 Å². The molecule has 0 bridgehead atoms. The fourth-order valence-corrected chi connectivity index (χ4v) is 1.60. The van der Waals surface area contributed by atoms with Crippen LogP contribution in [0.3, 0.4) is 0 Å². The molecular weight excluding hydrogens is 198 g/mol. The second kappa shape index (κ2) is 6.51. The van der Waals surface area contributed by atoms with E-state index in [1.54, 1.807) is 6.08 Å². The molecule has 0 heterocycles. The first-order chi connectivity index (χ1) is 7.65. The minimum absolute atomic E-state index is 0.168. The third-order valence-corrected chi connectivity index (χ3v) is 2.76. The molecule has 0 N–H and O–H groups in total. The van der Waals surface area contributed by atoms with Crippen LogP contribution in [0.2, 0.25) is 0 Å². The van der Waals surface area contributed by atoms with E-state index in [-0.39, 0.29) is 5.91 Å². The van der Waals surface area contributed by atoms with Crippen molar-refractivity contribution in [1.82, 2.24) is 4.90 Å². The molecule has 0 radical (unpaired) electrons. The van der Waals surface area contributed by atoms with Gasteiger partial charge in [-0.15, -0.1) is 0 Å². The summed E-state index contributed by atoms with van der Waals surface area (Å²) >= 11 is 0. The predicted octanol–water partition coefficient (Wildman–Crippen LogP) is 3.16. The summed E-state index contributed by atoms with van der Waals surface area (Å²) in [6.07, 6.45) is 10.8. The molecule has 16 heavy (non-hydrogen) atoms. The van der Waals surface area contributed by atoms with Crippen LogP contribution < -0.4 is 0 Å². The number of hydrogen-bond acceptors (Lipinski definition) is 1. The molecule has 0 spiro atoms. The highest BCUT2D eigenvalue weighted by molar-refractivity contribution is 5.88. The van der Waals surface area contributed by atoms with Gasteiger partial charge >= 0.3 is 0 Å². The third-order valence-electron chi connectivity index (χ3n) is 2.76. The molecule has 2 nitrogen and oxygen atoms in total. The Kier molecular flexibility index (Phi) is 5.30. The number of nitrogens with zero attached hydrogens (tertiary/aromatic N) is 1. The summed E-state index contributed by atoms with van der Waals surface area (Å²) in [6.45, 7) is 7.25. The average Bonchev–Trinajstić information content (AvgIpc) is 3.02. The molecule has 90 valence electrons. The Labute approximate surface area is 99.0 Å². The molecule has 0 aromatic carbocycles. The van der Waals surface area contributed by atoms with Crippen molar-refractivity contribution in [2.24, 2.45) is 5.92 Å². The van der Waals surface area contributed by atoms with Crippen LogP contribution in [-0.2, 0) is 4.79 Å². The number of rotatable bonds is 6. The minimum Gasteiger partial charge on any atom is -0.336 e. The van der Waals surface area contributed by atoms with Crippen LogP contribution in [0, 0.1) is 5.92 Å². The zero-order chi connectivity index (χ0) is 12.0. The lowest BCUT2D eigenvalue weighted by Crippen LogP contribution is -2.33. The standard InChI is InChI=1S/C14H23NO/c1-4-5-6-7-14(16)15(13-8-9-13)11-10-12(2)3/h4-7,12-13H,8-11H2,1-3H3/b5-4+,7-6?. The van der Waals surface area contributed by atoms with E-state index < -0.39 is 0 Å². The lowest BCUT2D eigenvalue weighted by atomic mass is 10.1. The fourth-order valence-electron chi connectivity index (χ4n) is 1.60. The van der Waals surface area contributed by atoms with Crippen LogP contribution in [0.5, 0.6) is 0 Å². The number of hydrogen-bond donors (Lipinski definition) is 0. The number of amides is 1. The zero-order valence-corrected chi connectivity index (χ0v) is 10.6. The first-order valence-electron chi connectivity index (χ1n) is 6.25. The summed E-state index contributed by atoms with van der Waals surface area (Å²) < 4.78 is 0. The predicted molar refractivity (Wildman–Crippen MR) is 68.1 cm³/mol. The zero-order valence-electron chi connectivity index (χ0n) is 10.6. The van der Waals surface area contributed by atoms with E-state index in [2.05, 4.69) is 13.8 Å². The van der Waals surface area contributed by atoms with E-state index in [0.717, 1.165) is 13.0 Å². The highest BCUT2D eigenvalue weighted by atomic mass is 16.2. The smallest absolute Gasteiger partial charge is 0.246 e. The van der Waals surface area contributed by atoms with Crippen molar-refractivity contribution in [3.05, 3.63) is 24.3 Å². The van der Waals surface area contributed by atoms with Crippen molar-refractivity contribution in [3.8, 4) is 0 Å². The molecule has 1 saturated carbocycles. The van der Waals surface area contributed by atoms with Crippen molar-refractivity contribution in [2.75, 3.05) is 6.54 Å². The maximum atomic E-state index is 11.9. The van der Waals surface area contributed by atoms with Gasteiger partial charge in [0.05, 0.1) is 0 Å². The van der Waals surface area contributed by atoms with Gasteiger partial charge in [0.25, 0.3) is 0 Å². The Bertz CT molecular complexity index is 274. The van der Waals surface area contributed by atoms with Crippen molar-refractivity contribution >= 4 is 5.91 Å². The van der Waals surface area contributed by atoms with Gasteiger partial charge in [-0.05, 0) is 32.1 Å². The van der Waals surface area contributed by atoms with E-state index in [1.165, 1.54) is 12.8 Å². The number of carbonyl (C=O) groups is 1. The van der Waals surface area contributed by atoms with E-state index in [4.69, 9.17) is 0 Å². The van der Waals surface area contributed by atoms with Gasteiger partial charge in [0.15, 0.2) is 0 Å². The molecule has 2 heteroatoms. The summed E-state index contributed by atoms with van der Waals surface area (Å²) in [4.78, 5) is 13.9. The lowest BCUT2D eigenvalue weighted by Gasteiger charge is -2.21.